The summed E-state index contributed by atoms with van der Waals surface area (Å²) in [5.74, 6) is 2.29. The fourth-order valence-corrected chi connectivity index (χ4v) is 10.4. The third-order valence-corrected chi connectivity index (χ3v) is 14.1. The molecule has 0 bridgehead atoms. The van der Waals surface area contributed by atoms with Gasteiger partial charge in [0.2, 0.25) is 0 Å². The summed E-state index contributed by atoms with van der Waals surface area (Å²) >= 11 is 0. The number of ether oxygens (including phenoxy) is 2. The van der Waals surface area contributed by atoms with Crippen LogP contribution in [-0.4, -0.2) is 81.7 Å². The van der Waals surface area contributed by atoms with Crippen molar-refractivity contribution < 1.29 is 28.7 Å². The maximum atomic E-state index is 13.2. The van der Waals surface area contributed by atoms with Gasteiger partial charge in [-0.15, -0.1) is 0 Å². The number of aryl methyl sites for hydroxylation is 2. The monoisotopic (exact) mass is 912 g/mol. The quantitative estimate of drug-likeness (QED) is 0.157. The first kappa shape index (κ1) is 45.8. The van der Waals surface area contributed by atoms with Crippen molar-refractivity contribution in [2.24, 2.45) is 25.9 Å². The molecule has 4 aliphatic rings. The number of nitrogens with zero attached hydrogens (tertiary/aromatic N) is 4. The Morgan fingerprint density at radius 2 is 0.868 bits per heavy atom. The highest BCUT2D eigenvalue weighted by molar-refractivity contribution is 5.96. The summed E-state index contributed by atoms with van der Waals surface area (Å²) in [7, 11) is 3.52. The molecule has 2 amide bonds. The molecule has 68 heavy (non-hydrogen) atoms. The second-order valence-corrected chi connectivity index (χ2v) is 18.5. The lowest BCUT2D eigenvalue weighted by atomic mass is 9.76. The number of ketones is 2. The molecule has 2 saturated heterocycles. The fraction of sp³-hybridized carbons (Fsp3) is 0.321. The highest BCUT2D eigenvalue weighted by Crippen LogP contribution is 2.40. The molecule has 2 aromatic heterocycles. The zero-order chi connectivity index (χ0) is 47.3. The molecule has 0 aliphatic carbocycles. The molecule has 6 heterocycles. The highest BCUT2D eigenvalue weighted by Gasteiger charge is 2.33. The average Bonchev–Trinajstić information content (AvgIpc) is 3.36. The lowest BCUT2D eigenvalue weighted by molar-refractivity contribution is -0.122. The van der Waals surface area contributed by atoms with Gasteiger partial charge >= 0.3 is 0 Å². The Hall–Kier alpha value is -7.34. The fourth-order valence-electron chi connectivity index (χ4n) is 10.4. The van der Waals surface area contributed by atoms with Gasteiger partial charge in [-0.1, -0.05) is 60.7 Å². The Morgan fingerprint density at radius 3 is 1.24 bits per heavy atom. The first-order valence-corrected chi connectivity index (χ1v) is 23.6. The van der Waals surface area contributed by atoms with Gasteiger partial charge in [-0.25, -0.2) is 0 Å². The van der Waals surface area contributed by atoms with E-state index in [-0.39, 0.29) is 59.5 Å². The van der Waals surface area contributed by atoms with Crippen LogP contribution in [0.2, 0.25) is 0 Å². The zero-order valence-electron chi connectivity index (χ0n) is 38.6. The van der Waals surface area contributed by atoms with E-state index >= 15 is 0 Å². The number of carbonyl (C=O) groups is 4. The number of hydrogen-bond acceptors (Lipinski definition) is 8. The summed E-state index contributed by atoms with van der Waals surface area (Å²) in [5, 5.41) is 0. The van der Waals surface area contributed by atoms with Gasteiger partial charge in [-0.2, -0.15) is 0 Å². The summed E-state index contributed by atoms with van der Waals surface area (Å²) in [4.78, 5) is 78.4. The average molecular weight is 913 g/mol. The van der Waals surface area contributed by atoms with Crippen LogP contribution in [0.3, 0.4) is 0 Å². The van der Waals surface area contributed by atoms with Crippen LogP contribution < -0.4 is 20.6 Å². The minimum absolute atomic E-state index is 0.0101. The van der Waals surface area contributed by atoms with Crippen molar-refractivity contribution in [3.05, 3.63) is 199 Å². The smallest absolute Gasteiger partial charge is 0.253 e. The van der Waals surface area contributed by atoms with Crippen molar-refractivity contribution >= 4 is 23.4 Å². The molecular weight excluding hydrogens is 857 g/mol. The molecule has 12 nitrogen and oxygen atoms in total. The summed E-state index contributed by atoms with van der Waals surface area (Å²) < 4.78 is 14.1. The normalized spacial score (nSPS) is 17.1. The van der Waals surface area contributed by atoms with Crippen LogP contribution in [0.5, 0.6) is 11.5 Å². The van der Waals surface area contributed by atoms with Crippen molar-refractivity contribution in [1.82, 2.24) is 18.9 Å². The Kier molecular flexibility index (Phi) is 13.6. The number of carbonyl (C=O) groups excluding carboxylic acids is 4. The first-order chi connectivity index (χ1) is 33.0. The van der Waals surface area contributed by atoms with E-state index < -0.39 is 0 Å². The molecule has 6 aromatic rings. The number of pyridine rings is 2. The van der Waals surface area contributed by atoms with Gasteiger partial charge < -0.3 is 28.4 Å². The van der Waals surface area contributed by atoms with Crippen molar-refractivity contribution in [2.45, 2.75) is 50.4 Å². The lowest BCUT2D eigenvalue weighted by Gasteiger charge is -2.37. The van der Waals surface area contributed by atoms with Crippen LogP contribution in [0.25, 0.3) is 0 Å². The molecule has 0 N–H and O–H groups in total. The van der Waals surface area contributed by atoms with Crippen molar-refractivity contribution in [2.75, 3.05) is 39.4 Å². The first-order valence-electron chi connectivity index (χ1n) is 23.6. The summed E-state index contributed by atoms with van der Waals surface area (Å²) in [6.45, 7) is 2.83. The Bertz CT molecular complexity index is 2750. The maximum absolute atomic E-state index is 13.2. The molecule has 4 aromatic carbocycles. The minimum atomic E-state index is -0.0130. The van der Waals surface area contributed by atoms with Crippen LogP contribution in [0, 0.1) is 11.8 Å². The number of piperidine rings is 2. The van der Waals surface area contributed by atoms with Gasteiger partial charge in [-0.3, -0.25) is 28.8 Å². The van der Waals surface area contributed by atoms with E-state index in [2.05, 4.69) is 24.3 Å². The molecule has 0 radical (unpaired) electrons. The predicted molar refractivity (Wildman–Crippen MR) is 258 cm³/mol. The lowest BCUT2D eigenvalue weighted by Crippen LogP contribution is -2.40. The van der Waals surface area contributed by atoms with Gasteiger partial charge in [0.1, 0.15) is 24.7 Å². The summed E-state index contributed by atoms with van der Waals surface area (Å²) in [6.07, 6.45) is 7.70. The van der Waals surface area contributed by atoms with Gasteiger partial charge in [0.05, 0.1) is 0 Å². The Balaban J connectivity index is 0.000000170. The van der Waals surface area contributed by atoms with E-state index in [9.17, 15) is 28.8 Å². The zero-order valence-corrected chi connectivity index (χ0v) is 38.6. The molecular formula is C56H56N4O8. The van der Waals surface area contributed by atoms with E-state index in [0.29, 0.717) is 73.5 Å². The number of Topliss-reactive ketones (excluding diaryl/α,β-unsaturated/α-hetero) is 2. The van der Waals surface area contributed by atoms with Crippen LogP contribution in [0.1, 0.15) is 91.6 Å². The van der Waals surface area contributed by atoms with E-state index in [1.807, 2.05) is 70.7 Å². The Labute approximate surface area is 395 Å². The minimum Gasteiger partial charge on any atom is -0.486 e. The molecule has 2 atom stereocenters. The molecule has 2 fully saturated rings. The maximum Gasteiger partial charge on any atom is 0.253 e. The van der Waals surface area contributed by atoms with Gasteiger partial charge in [0.15, 0.2) is 11.6 Å². The number of rotatable bonds is 8. The van der Waals surface area contributed by atoms with Gasteiger partial charge in [0, 0.05) is 112 Å². The molecule has 0 unspecified atom stereocenters. The molecule has 0 spiro atoms. The Morgan fingerprint density at radius 1 is 0.485 bits per heavy atom. The summed E-state index contributed by atoms with van der Waals surface area (Å²) in [6, 6.07) is 38.9. The van der Waals surface area contributed by atoms with E-state index in [1.165, 1.54) is 11.1 Å². The van der Waals surface area contributed by atoms with Crippen LogP contribution in [0.4, 0.5) is 0 Å². The van der Waals surface area contributed by atoms with Crippen LogP contribution in [-0.2, 0) is 36.5 Å². The van der Waals surface area contributed by atoms with Gasteiger partial charge in [-0.05, 0) is 108 Å². The van der Waals surface area contributed by atoms with E-state index in [4.69, 9.17) is 9.47 Å². The second kappa shape index (κ2) is 20.3. The van der Waals surface area contributed by atoms with Crippen molar-refractivity contribution in [3.8, 4) is 11.5 Å². The predicted octanol–water partition coefficient (Wildman–Crippen LogP) is 7.15. The van der Waals surface area contributed by atoms with Crippen LogP contribution in [0.15, 0.2) is 143 Å². The van der Waals surface area contributed by atoms with Crippen LogP contribution >= 0.6 is 0 Å². The molecule has 4 aliphatic heterocycles. The third kappa shape index (κ3) is 10.1. The number of fused-ring (bicyclic) bond motifs is 2. The molecule has 348 valence electrons. The highest BCUT2D eigenvalue weighted by atomic mass is 16.5. The SMILES string of the molecule is Cn1ccc([C@@H](c2ccccc2)C2CCN(C(=O)c3ccc4c(c3)CC(=O)CO4)CC2)cc1=O.Cn1ccc([C@H](c2ccccc2)C2CCN(C(=O)c3ccc4c(c3)CC(=O)CO4)CC2)cc1=O. The summed E-state index contributed by atoms with van der Waals surface area (Å²) in [5.41, 5.74) is 7.18. The van der Waals surface area contributed by atoms with E-state index in [1.54, 1.807) is 71.8 Å². The molecule has 0 saturated carbocycles. The van der Waals surface area contributed by atoms with Crippen molar-refractivity contribution in [1.29, 1.82) is 0 Å². The van der Waals surface area contributed by atoms with Gasteiger partial charge in [0.25, 0.3) is 22.9 Å². The standard InChI is InChI=1S/2C28H28N2O4/c2*1-29-12-9-21(17-26(29)32)27(19-5-3-2-4-6-19)20-10-13-30(14-11-20)28(33)22-7-8-25-23(15-22)16-24(31)18-34-25/h2*2-9,12,15,17,20,27H,10-11,13-14,16,18H2,1H3/t2*27-/m10/s1. The van der Waals surface area contributed by atoms with Crippen molar-refractivity contribution in [3.63, 3.8) is 0 Å². The number of hydrogen-bond donors (Lipinski definition) is 0. The molecule has 10 rings (SSSR count). The number of benzene rings is 4. The number of amides is 2. The number of aromatic nitrogens is 2. The number of likely N-dealkylation sites (tertiary alicyclic amines) is 2. The third-order valence-electron chi connectivity index (χ3n) is 14.1. The topological polar surface area (TPSA) is 137 Å². The largest absolute Gasteiger partial charge is 0.486 e. The molecule has 12 heteroatoms. The van der Waals surface area contributed by atoms with E-state index in [0.717, 1.165) is 47.9 Å². The second-order valence-electron chi connectivity index (χ2n) is 18.5.